The number of nitrogens with zero attached hydrogens (tertiary/aromatic N) is 3. The van der Waals surface area contributed by atoms with Gasteiger partial charge in [0.2, 0.25) is 0 Å². The summed E-state index contributed by atoms with van der Waals surface area (Å²) in [6.45, 7) is 3.38. The number of hydrogen-bond donors (Lipinski definition) is 1. The van der Waals surface area contributed by atoms with E-state index in [-0.39, 0.29) is 4.90 Å². The summed E-state index contributed by atoms with van der Waals surface area (Å²) in [7, 11) is -0.467. The van der Waals surface area contributed by atoms with Crippen molar-refractivity contribution in [3.05, 3.63) is 52.8 Å². The summed E-state index contributed by atoms with van der Waals surface area (Å²) in [5, 5.41) is 5.33. The quantitative estimate of drug-likeness (QED) is 0.461. The number of anilines is 1. The van der Waals surface area contributed by atoms with E-state index in [1.807, 2.05) is 18.2 Å². The second-order valence-electron chi connectivity index (χ2n) is 6.78. The summed E-state index contributed by atoms with van der Waals surface area (Å²) in [5.41, 5.74) is 2.95. The van der Waals surface area contributed by atoms with Crippen molar-refractivity contribution in [1.82, 2.24) is 14.8 Å². The molecule has 30 heavy (non-hydrogen) atoms. The molecule has 0 aliphatic heterocycles. The van der Waals surface area contributed by atoms with Crippen LogP contribution >= 0.6 is 22.9 Å². The summed E-state index contributed by atoms with van der Waals surface area (Å²) in [5.74, 6) is 0.759. The number of aromatic nitrogens is 3. The van der Waals surface area contributed by atoms with Crippen LogP contribution in [0.2, 0.25) is 5.02 Å². The molecule has 0 bridgehead atoms. The first kappa shape index (κ1) is 20.6. The largest absolute Gasteiger partial charge is 0.497 e. The zero-order chi connectivity index (χ0) is 21.6. The number of fused-ring (bicyclic) bond motifs is 1. The van der Waals surface area contributed by atoms with E-state index in [0.29, 0.717) is 22.1 Å². The van der Waals surface area contributed by atoms with Gasteiger partial charge in [-0.05, 0) is 50.2 Å². The van der Waals surface area contributed by atoms with Crippen LogP contribution in [0.4, 0.5) is 5.69 Å². The zero-order valence-corrected chi connectivity index (χ0v) is 19.1. The lowest BCUT2D eigenvalue weighted by Crippen LogP contribution is -2.15. The number of sulfonamides is 1. The standard InChI is InChI=1S/C20H19ClN4O3S2/c1-11-19(12(2)25(3)23-11)30(26,27)24-13-5-7-15(16(21)9-13)20-22-17-8-6-14(28-4)10-18(17)29-20/h5-10,24H,1-4H3. The minimum Gasteiger partial charge on any atom is -0.497 e. The minimum atomic E-state index is -3.80. The summed E-state index contributed by atoms with van der Waals surface area (Å²) in [6.07, 6.45) is 0. The molecule has 0 radical (unpaired) electrons. The van der Waals surface area contributed by atoms with Crippen molar-refractivity contribution in [3.63, 3.8) is 0 Å². The number of nitrogens with one attached hydrogen (secondary N) is 1. The molecule has 156 valence electrons. The Labute approximate surface area is 183 Å². The molecule has 7 nitrogen and oxygen atoms in total. The van der Waals surface area contributed by atoms with Crippen LogP contribution in [0.5, 0.6) is 5.75 Å². The van der Waals surface area contributed by atoms with E-state index in [4.69, 9.17) is 16.3 Å². The van der Waals surface area contributed by atoms with Crippen molar-refractivity contribution in [2.24, 2.45) is 7.05 Å². The van der Waals surface area contributed by atoms with Gasteiger partial charge in [-0.15, -0.1) is 11.3 Å². The van der Waals surface area contributed by atoms with Crippen LogP contribution in [0, 0.1) is 13.8 Å². The molecule has 1 N–H and O–H groups in total. The van der Waals surface area contributed by atoms with Crippen LogP contribution in [0.3, 0.4) is 0 Å². The van der Waals surface area contributed by atoms with Crippen LogP contribution in [-0.4, -0.2) is 30.3 Å². The van der Waals surface area contributed by atoms with Crippen LogP contribution < -0.4 is 9.46 Å². The zero-order valence-electron chi connectivity index (χ0n) is 16.7. The van der Waals surface area contributed by atoms with Crippen molar-refractivity contribution in [1.29, 1.82) is 0 Å². The fraction of sp³-hybridized carbons (Fsp3) is 0.200. The molecule has 10 heteroatoms. The highest BCUT2D eigenvalue weighted by molar-refractivity contribution is 7.92. The summed E-state index contributed by atoms with van der Waals surface area (Å²) in [4.78, 5) is 4.80. The Kier molecular flexibility index (Phi) is 5.21. The first-order valence-corrected chi connectivity index (χ1v) is 11.6. The maximum atomic E-state index is 12.9. The Morgan fingerprint density at radius 3 is 2.57 bits per heavy atom. The number of halogens is 1. The fourth-order valence-electron chi connectivity index (χ4n) is 3.25. The Morgan fingerprint density at radius 2 is 1.93 bits per heavy atom. The first-order chi connectivity index (χ1) is 14.2. The van der Waals surface area contributed by atoms with E-state index in [9.17, 15) is 8.42 Å². The first-order valence-electron chi connectivity index (χ1n) is 8.97. The molecular formula is C20H19ClN4O3S2. The van der Waals surface area contributed by atoms with Crippen molar-refractivity contribution >= 4 is 48.9 Å². The molecule has 0 saturated heterocycles. The van der Waals surface area contributed by atoms with Gasteiger partial charge in [0.05, 0.1) is 39.4 Å². The molecule has 0 aliphatic rings. The van der Waals surface area contributed by atoms with Crippen LogP contribution in [0.25, 0.3) is 20.8 Å². The summed E-state index contributed by atoms with van der Waals surface area (Å²) < 4.78 is 36.1. The molecule has 2 aromatic carbocycles. The lowest BCUT2D eigenvalue weighted by Gasteiger charge is -2.10. The molecule has 0 spiro atoms. The predicted molar refractivity (Wildman–Crippen MR) is 120 cm³/mol. The maximum Gasteiger partial charge on any atom is 0.265 e. The van der Waals surface area contributed by atoms with Gasteiger partial charge >= 0.3 is 0 Å². The number of hydrogen-bond acceptors (Lipinski definition) is 6. The van der Waals surface area contributed by atoms with Crippen LogP contribution in [0.15, 0.2) is 41.3 Å². The normalized spacial score (nSPS) is 11.8. The van der Waals surface area contributed by atoms with E-state index in [1.54, 1.807) is 50.9 Å². The van der Waals surface area contributed by atoms with Crippen molar-refractivity contribution in [2.75, 3.05) is 11.8 Å². The smallest absolute Gasteiger partial charge is 0.265 e. The molecule has 0 atom stereocenters. The highest BCUT2D eigenvalue weighted by Crippen LogP contribution is 2.37. The number of rotatable bonds is 5. The lowest BCUT2D eigenvalue weighted by molar-refractivity contribution is 0.415. The lowest BCUT2D eigenvalue weighted by atomic mass is 10.2. The minimum absolute atomic E-state index is 0.172. The molecule has 0 aliphatic carbocycles. The van der Waals surface area contributed by atoms with Crippen molar-refractivity contribution in [2.45, 2.75) is 18.7 Å². The molecule has 4 rings (SSSR count). The van der Waals surface area contributed by atoms with Crippen LogP contribution in [0.1, 0.15) is 11.4 Å². The number of aryl methyl sites for hydroxylation is 2. The molecule has 0 amide bonds. The Hall–Kier alpha value is -2.62. The third kappa shape index (κ3) is 3.64. The van der Waals surface area contributed by atoms with Gasteiger partial charge < -0.3 is 4.74 Å². The van der Waals surface area contributed by atoms with Gasteiger partial charge in [-0.25, -0.2) is 13.4 Å². The van der Waals surface area contributed by atoms with Crippen molar-refractivity contribution < 1.29 is 13.2 Å². The topological polar surface area (TPSA) is 86.1 Å². The Morgan fingerprint density at radius 1 is 1.17 bits per heavy atom. The molecule has 0 saturated carbocycles. The van der Waals surface area contributed by atoms with Gasteiger partial charge in [-0.2, -0.15) is 5.10 Å². The molecule has 0 fully saturated rings. The third-order valence-corrected chi connectivity index (χ3v) is 7.76. The Balaban J connectivity index is 1.67. The second kappa shape index (κ2) is 7.57. The van der Waals surface area contributed by atoms with Gasteiger partial charge in [-0.3, -0.25) is 9.40 Å². The van der Waals surface area contributed by atoms with E-state index >= 15 is 0 Å². The van der Waals surface area contributed by atoms with Gasteiger partial charge in [0.1, 0.15) is 15.7 Å². The second-order valence-corrected chi connectivity index (χ2v) is 9.83. The number of ether oxygens (including phenoxy) is 1. The molecule has 4 aromatic rings. The number of thiazole rings is 1. The fourth-order valence-corrected chi connectivity index (χ4v) is 6.10. The van der Waals surface area contributed by atoms with E-state index in [2.05, 4.69) is 14.8 Å². The molecule has 0 unspecified atom stereocenters. The summed E-state index contributed by atoms with van der Waals surface area (Å²) in [6, 6.07) is 10.7. The van der Waals surface area contributed by atoms with E-state index in [1.165, 1.54) is 11.3 Å². The van der Waals surface area contributed by atoms with Crippen LogP contribution in [-0.2, 0) is 17.1 Å². The van der Waals surface area contributed by atoms with Crippen molar-refractivity contribution in [3.8, 4) is 16.3 Å². The van der Waals surface area contributed by atoms with Gasteiger partial charge in [0.15, 0.2) is 0 Å². The van der Waals surface area contributed by atoms with E-state index < -0.39 is 10.0 Å². The number of benzene rings is 2. The summed E-state index contributed by atoms with van der Waals surface area (Å²) >= 11 is 7.97. The highest BCUT2D eigenvalue weighted by atomic mass is 35.5. The predicted octanol–water partition coefficient (Wildman–Crippen LogP) is 4.78. The SMILES string of the molecule is COc1ccc2nc(-c3ccc(NS(=O)(=O)c4c(C)nn(C)c4C)cc3Cl)sc2c1. The highest BCUT2D eigenvalue weighted by Gasteiger charge is 2.24. The van der Waals surface area contributed by atoms with E-state index in [0.717, 1.165) is 26.5 Å². The molecular weight excluding hydrogens is 444 g/mol. The number of methoxy groups -OCH3 is 1. The van der Waals surface area contributed by atoms with Gasteiger partial charge in [0.25, 0.3) is 10.0 Å². The molecule has 2 aromatic heterocycles. The average molecular weight is 463 g/mol. The van der Waals surface area contributed by atoms with Gasteiger partial charge in [0, 0.05) is 12.6 Å². The maximum absolute atomic E-state index is 12.9. The Bertz CT molecular complexity index is 1380. The molecule has 2 heterocycles. The third-order valence-electron chi connectivity index (χ3n) is 4.76. The average Bonchev–Trinajstić information content (AvgIpc) is 3.20. The van der Waals surface area contributed by atoms with Gasteiger partial charge in [-0.1, -0.05) is 11.6 Å². The monoisotopic (exact) mass is 462 g/mol.